The van der Waals surface area contributed by atoms with Crippen LogP contribution in [-0.2, 0) is 15.1 Å². The molecule has 4 heteroatoms. The van der Waals surface area contributed by atoms with Crippen LogP contribution in [0.3, 0.4) is 0 Å². The van der Waals surface area contributed by atoms with Crippen molar-refractivity contribution in [1.82, 2.24) is 4.90 Å². The van der Waals surface area contributed by atoms with E-state index < -0.39 is 11.6 Å². The first kappa shape index (κ1) is 22.3. The molecule has 0 spiro atoms. The van der Waals surface area contributed by atoms with E-state index in [2.05, 4.69) is 4.90 Å². The number of aliphatic hydroxyl groups is 1. The summed E-state index contributed by atoms with van der Waals surface area (Å²) in [5.74, 6) is -0.166. The highest BCUT2D eigenvalue weighted by atomic mass is 16.5. The van der Waals surface area contributed by atoms with Gasteiger partial charge in [0.15, 0.2) is 0 Å². The number of piperidine rings is 1. The van der Waals surface area contributed by atoms with E-state index in [1.807, 2.05) is 97.9 Å². The van der Waals surface area contributed by atoms with Gasteiger partial charge < -0.3 is 9.84 Å². The normalized spacial score (nSPS) is 16.4. The maximum Gasteiger partial charge on any atom is 0.327 e. The van der Waals surface area contributed by atoms with E-state index in [1.165, 1.54) is 0 Å². The van der Waals surface area contributed by atoms with Gasteiger partial charge in [-0.1, -0.05) is 91.0 Å². The van der Waals surface area contributed by atoms with Crippen LogP contribution in [0.25, 0.3) is 0 Å². The SMILES string of the molecule is CCOC(=O)[C@@H](c1ccccc1)N1CCC(C(O)(c2ccccc2)c2ccccc2)CC1. The minimum absolute atomic E-state index is 0.0437. The lowest BCUT2D eigenvalue weighted by Crippen LogP contribution is -2.46. The quantitative estimate of drug-likeness (QED) is 0.541. The molecule has 0 radical (unpaired) electrons. The fourth-order valence-corrected chi connectivity index (χ4v) is 4.95. The summed E-state index contributed by atoms with van der Waals surface area (Å²) in [6, 6.07) is 29.3. The van der Waals surface area contributed by atoms with Crippen molar-refractivity contribution in [3.05, 3.63) is 108 Å². The molecule has 166 valence electrons. The second-order valence-electron chi connectivity index (χ2n) is 8.37. The number of nitrogens with zero attached hydrogens (tertiary/aromatic N) is 1. The summed E-state index contributed by atoms with van der Waals surface area (Å²) in [6.45, 7) is 3.63. The first-order valence-electron chi connectivity index (χ1n) is 11.4. The van der Waals surface area contributed by atoms with Gasteiger partial charge in [-0.3, -0.25) is 4.90 Å². The molecule has 1 N–H and O–H groups in total. The Balaban J connectivity index is 1.60. The van der Waals surface area contributed by atoms with E-state index >= 15 is 0 Å². The smallest absolute Gasteiger partial charge is 0.327 e. The molecule has 1 atom stereocenters. The Bertz CT molecular complexity index is 943. The molecule has 0 saturated carbocycles. The monoisotopic (exact) mass is 429 g/mol. The van der Waals surface area contributed by atoms with Gasteiger partial charge in [0.2, 0.25) is 0 Å². The maximum atomic E-state index is 12.9. The van der Waals surface area contributed by atoms with Crippen LogP contribution in [0.2, 0.25) is 0 Å². The van der Waals surface area contributed by atoms with Gasteiger partial charge in [-0.15, -0.1) is 0 Å². The molecule has 1 fully saturated rings. The second-order valence-corrected chi connectivity index (χ2v) is 8.37. The topological polar surface area (TPSA) is 49.8 Å². The largest absolute Gasteiger partial charge is 0.465 e. The molecule has 0 aliphatic carbocycles. The maximum absolute atomic E-state index is 12.9. The molecule has 0 bridgehead atoms. The van der Waals surface area contributed by atoms with Gasteiger partial charge in [-0.05, 0) is 55.5 Å². The van der Waals surface area contributed by atoms with Crippen molar-refractivity contribution in [3.63, 3.8) is 0 Å². The Hall–Kier alpha value is -2.95. The lowest BCUT2D eigenvalue weighted by Gasteiger charge is -2.43. The van der Waals surface area contributed by atoms with E-state index in [4.69, 9.17) is 4.74 Å². The third-order valence-corrected chi connectivity index (χ3v) is 6.54. The average molecular weight is 430 g/mol. The van der Waals surface area contributed by atoms with Crippen LogP contribution in [0.15, 0.2) is 91.0 Å². The minimum atomic E-state index is -1.07. The van der Waals surface area contributed by atoms with Gasteiger partial charge in [0, 0.05) is 0 Å². The number of likely N-dealkylation sites (tertiary alicyclic amines) is 1. The molecule has 3 aromatic carbocycles. The van der Waals surface area contributed by atoms with Crippen molar-refractivity contribution in [1.29, 1.82) is 0 Å². The van der Waals surface area contributed by atoms with E-state index in [0.29, 0.717) is 19.7 Å². The Labute approximate surface area is 190 Å². The Morgan fingerprint density at radius 3 is 1.84 bits per heavy atom. The molecule has 32 heavy (non-hydrogen) atoms. The highest BCUT2D eigenvalue weighted by molar-refractivity contribution is 5.77. The second kappa shape index (κ2) is 10.1. The predicted molar refractivity (Wildman–Crippen MR) is 126 cm³/mol. The van der Waals surface area contributed by atoms with Gasteiger partial charge in [0.25, 0.3) is 0 Å². The molecule has 4 rings (SSSR count). The van der Waals surface area contributed by atoms with Crippen LogP contribution in [-0.4, -0.2) is 35.7 Å². The summed E-state index contributed by atoms with van der Waals surface area (Å²) in [5, 5.41) is 12.1. The van der Waals surface area contributed by atoms with Crippen LogP contribution in [0.5, 0.6) is 0 Å². The third-order valence-electron chi connectivity index (χ3n) is 6.54. The highest BCUT2D eigenvalue weighted by Gasteiger charge is 2.43. The number of benzene rings is 3. The summed E-state index contributed by atoms with van der Waals surface area (Å²) in [6.07, 6.45) is 1.56. The zero-order valence-electron chi connectivity index (χ0n) is 18.6. The Kier molecular flexibility index (Phi) is 7.03. The van der Waals surface area contributed by atoms with Crippen LogP contribution in [0.1, 0.15) is 42.5 Å². The fraction of sp³-hybridized carbons (Fsp3) is 0.321. The molecular formula is C28H31NO3. The zero-order chi connectivity index (χ0) is 22.4. The van der Waals surface area contributed by atoms with Crippen molar-refractivity contribution in [2.24, 2.45) is 5.92 Å². The highest BCUT2D eigenvalue weighted by Crippen LogP contribution is 2.43. The first-order valence-corrected chi connectivity index (χ1v) is 11.4. The number of ether oxygens (including phenoxy) is 1. The number of hydrogen-bond acceptors (Lipinski definition) is 4. The number of carbonyl (C=O) groups is 1. The van der Waals surface area contributed by atoms with Crippen molar-refractivity contribution >= 4 is 5.97 Å². The van der Waals surface area contributed by atoms with E-state index in [-0.39, 0.29) is 11.9 Å². The molecule has 3 aromatic rings. The van der Waals surface area contributed by atoms with Crippen LogP contribution in [0.4, 0.5) is 0 Å². The number of carbonyl (C=O) groups excluding carboxylic acids is 1. The Morgan fingerprint density at radius 1 is 0.906 bits per heavy atom. The van der Waals surface area contributed by atoms with Crippen LogP contribution < -0.4 is 0 Å². The van der Waals surface area contributed by atoms with Gasteiger partial charge in [0.1, 0.15) is 11.6 Å². The lowest BCUT2D eigenvalue weighted by molar-refractivity contribution is -0.151. The molecule has 4 nitrogen and oxygen atoms in total. The fourth-order valence-electron chi connectivity index (χ4n) is 4.95. The average Bonchev–Trinajstić information content (AvgIpc) is 2.86. The Morgan fingerprint density at radius 2 is 1.38 bits per heavy atom. The number of rotatable bonds is 7. The van der Waals surface area contributed by atoms with Crippen molar-refractivity contribution < 1.29 is 14.6 Å². The molecule has 1 aliphatic heterocycles. The standard InChI is InChI=1S/C28H31NO3/c1-2-32-27(30)26(22-12-6-3-7-13-22)29-20-18-25(19-21-29)28(31,23-14-8-4-9-15-23)24-16-10-5-11-17-24/h3-17,25-26,31H,2,18-21H2,1H3/t26-/m1/s1. The minimum Gasteiger partial charge on any atom is -0.465 e. The summed E-state index contributed by atoms with van der Waals surface area (Å²) in [4.78, 5) is 15.0. The molecule has 0 unspecified atom stereocenters. The summed E-state index contributed by atoms with van der Waals surface area (Å²) < 4.78 is 5.41. The molecule has 1 saturated heterocycles. The summed E-state index contributed by atoms with van der Waals surface area (Å²) >= 11 is 0. The van der Waals surface area contributed by atoms with E-state index in [1.54, 1.807) is 0 Å². The molecule has 0 aromatic heterocycles. The number of esters is 1. The first-order chi connectivity index (χ1) is 15.6. The predicted octanol–water partition coefficient (Wildman–Crippen LogP) is 4.94. The van der Waals surface area contributed by atoms with Gasteiger partial charge in [-0.2, -0.15) is 0 Å². The molecule has 0 amide bonds. The third kappa shape index (κ3) is 4.47. The zero-order valence-corrected chi connectivity index (χ0v) is 18.6. The van der Waals surface area contributed by atoms with Crippen molar-refractivity contribution in [2.45, 2.75) is 31.4 Å². The molecule has 1 aliphatic rings. The van der Waals surface area contributed by atoms with Gasteiger partial charge >= 0.3 is 5.97 Å². The number of hydrogen-bond donors (Lipinski definition) is 1. The van der Waals surface area contributed by atoms with E-state index in [0.717, 1.165) is 29.5 Å². The van der Waals surface area contributed by atoms with Crippen LogP contribution >= 0.6 is 0 Å². The molecular weight excluding hydrogens is 398 g/mol. The van der Waals surface area contributed by atoms with Crippen molar-refractivity contribution in [3.8, 4) is 0 Å². The van der Waals surface area contributed by atoms with E-state index in [9.17, 15) is 9.90 Å². The van der Waals surface area contributed by atoms with Gasteiger partial charge in [0.05, 0.1) is 6.61 Å². The van der Waals surface area contributed by atoms with Gasteiger partial charge in [-0.25, -0.2) is 4.79 Å². The summed E-state index contributed by atoms with van der Waals surface area (Å²) in [5.41, 5.74) is 1.70. The molecule has 1 heterocycles. The van der Waals surface area contributed by atoms with Crippen molar-refractivity contribution in [2.75, 3.05) is 19.7 Å². The summed E-state index contributed by atoms with van der Waals surface area (Å²) in [7, 11) is 0. The van der Waals surface area contributed by atoms with Crippen LogP contribution in [0, 0.1) is 5.92 Å². The lowest BCUT2D eigenvalue weighted by atomic mass is 9.72.